The summed E-state index contributed by atoms with van der Waals surface area (Å²) in [7, 11) is 1.82. The Labute approximate surface area is 133 Å². The lowest BCUT2D eigenvalue weighted by Gasteiger charge is -2.27. The van der Waals surface area contributed by atoms with E-state index >= 15 is 0 Å². The molecule has 1 amide bonds. The van der Waals surface area contributed by atoms with Crippen molar-refractivity contribution in [1.29, 1.82) is 0 Å². The minimum absolute atomic E-state index is 0.0759. The summed E-state index contributed by atoms with van der Waals surface area (Å²) >= 11 is 0. The molecule has 0 fully saturated rings. The van der Waals surface area contributed by atoms with Crippen molar-refractivity contribution in [2.75, 3.05) is 6.54 Å². The number of carbonyl (C=O) groups excluding carboxylic acids is 1. The van der Waals surface area contributed by atoms with Gasteiger partial charge >= 0.3 is 0 Å². The van der Waals surface area contributed by atoms with Crippen LogP contribution in [0.3, 0.4) is 0 Å². The van der Waals surface area contributed by atoms with E-state index in [2.05, 4.69) is 19.7 Å². The molecule has 3 aromatic rings. The van der Waals surface area contributed by atoms with Crippen LogP contribution in [0.5, 0.6) is 0 Å². The quantitative estimate of drug-likeness (QED) is 0.716. The third-order valence-electron chi connectivity index (χ3n) is 4.08. The van der Waals surface area contributed by atoms with Crippen LogP contribution < -0.4 is 0 Å². The molecule has 0 spiro atoms. The Morgan fingerprint density at radius 1 is 1.13 bits per heavy atom. The number of benzene rings is 1. The summed E-state index contributed by atoms with van der Waals surface area (Å²) in [4.78, 5) is 18.4. The van der Waals surface area contributed by atoms with E-state index in [0.29, 0.717) is 25.5 Å². The number of aryl methyl sites for hydroxylation is 1. The van der Waals surface area contributed by atoms with E-state index in [1.165, 1.54) is 0 Å². The van der Waals surface area contributed by atoms with E-state index in [-0.39, 0.29) is 5.91 Å². The highest BCUT2D eigenvalue weighted by Crippen LogP contribution is 2.22. The predicted molar refractivity (Wildman–Crippen MR) is 83.4 cm³/mol. The van der Waals surface area contributed by atoms with Gasteiger partial charge in [0, 0.05) is 38.1 Å². The van der Waals surface area contributed by atoms with Crippen molar-refractivity contribution in [3.05, 3.63) is 54.4 Å². The molecule has 4 rings (SSSR count). The average molecular weight is 308 g/mol. The number of amides is 1. The number of nitrogens with zero attached hydrogens (tertiary/aromatic N) is 6. The largest absolute Gasteiger partial charge is 0.330 e. The third kappa shape index (κ3) is 2.30. The number of hydrogen-bond donors (Lipinski definition) is 0. The summed E-state index contributed by atoms with van der Waals surface area (Å²) in [5.41, 5.74) is 1.04. The summed E-state index contributed by atoms with van der Waals surface area (Å²) in [5, 5.41) is 8.56. The Bertz CT molecular complexity index is 851. The molecule has 0 saturated carbocycles. The first kappa shape index (κ1) is 13.7. The molecule has 7 nitrogen and oxygen atoms in total. The molecule has 1 aliphatic rings. The molecule has 116 valence electrons. The first-order chi connectivity index (χ1) is 11.2. The molecule has 3 heterocycles. The van der Waals surface area contributed by atoms with Crippen LogP contribution in [-0.2, 0) is 20.1 Å². The van der Waals surface area contributed by atoms with Crippen LogP contribution in [0.4, 0.5) is 0 Å². The number of aromatic nitrogens is 5. The molecule has 2 aromatic heterocycles. The summed E-state index contributed by atoms with van der Waals surface area (Å²) in [6, 6.07) is 9.98. The Hall–Kier alpha value is -2.96. The zero-order chi connectivity index (χ0) is 15.8. The van der Waals surface area contributed by atoms with Gasteiger partial charge in [0.25, 0.3) is 5.91 Å². The highest BCUT2D eigenvalue weighted by molar-refractivity contribution is 5.90. The average Bonchev–Trinajstić information content (AvgIpc) is 3.20. The zero-order valence-electron chi connectivity index (χ0n) is 12.8. The van der Waals surface area contributed by atoms with Crippen molar-refractivity contribution in [2.45, 2.75) is 13.1 Å². The molecule has 7 heteroatoms. The molecule has 0 bridgehead atoms. The lowest BCUT2D eigenvalue weighted by atomic mass is 10.2. The molecule has 0 atom stereocenters. The summed E-state index contributed by atoms with van der Waals surface area (Å²) < 4.78 is 3.81. The molecule has 0 radical (unpaired) electrons. The van der Waals surface area contributed by atoms with Crippen LogP contribution >= 0.6 is 0 Å². The topological polar surface area (TPSA) is 68.8 Å². The van der Waals surface area contributed by atoms with E-state index in [4.69, 9.17) is 0 Å². The maximum Gasteiger partial charge on any atom is 0.290 e. The molecule has 0 N–H and O–H groups in total. The predicted octanol–water partition coefficient (Wildman–Crippen LogP) is 1.33. The van der Waals surface area contributed by atoms with E-state index in [1.54, 1.807) is 21.9 Å². The van der Waals surface area contributed by atoms with Crippen LogP contribution in [0.1, 0.15) is 16.4 Å². The minimum Gasteiger partial charge on any atom is -0.330 e. The summed E-state index contributed by atoms with van der Waals surface area (Å²) in [5.74, 6) is 2.02. The Morgan fingerprint density at radius 2 is 1.96 bits per heavy atom. The summed E-state index contributed by atoms with van der Waals surface area (Å²) in [6.45, 7) is 1.75. The maximum atomic E-state index is 12.6. The van der Waals surface area contributed by atoms with Gasteiger partial charge in [-0.05, 0) is 0 Å². The van der Waals surface area contributed by atoms with Crippen molar-refractivity contribution in [2.24, 2.45) is 7.05 Å². The fraction of sp³-hybridized carbons (Fsp3) is 0.250. The van der Waals surface area contributed by atoms with Gasteiger partial charge in [-0.2, -0.15) is 0 Å². The van der Waals surface area contributed by atoms with E-state index < -0.39 is 0 Å². The Morgan fingerprint density at radius 3 is 2.70 bits per heavy atom. The van der Waals surface area contributed by atoms with Gasteiger partial charge in [-0.25, -0.2) is 4.98 Å². The zero-order valence-corrected chi connectivity index (χ0v) is 12.8. The molecule has 1 aliphatic heterocycles. The number of carbonyl (C=O) groups is 1. The van der Waals surface area contributed by atoms with E-state index in [9.17, 15) is 4.79 Å². The van der Waals surface area contributed by atoms with Gasteiger partial charge in [0.1, 0.15) is 0 Å². The molecular formula is C16H16N6O. The minimum atomic E-state index is -0.0759. The number of rotatable bonds is 2. The van der Waals surface area contributed by atoms with Crippen molar-refractivity contribution in [1.82, 2.24) is 29.2 Å². The number of imidazole rings is 1. The van der Waals surface area contributed by atoms with Crippen molar-refractivity contribution >= 4 is 5.91 Å². The van der Waals surface area contributed by atoms with Gasteiger partial charge in [0.15, 0.2) is 17.5 Å². The molecule has 23 heavy (non-hydrogen) atoms. The highest BCUT2D eigenvalue weighted by Gasteiger charge is 2.27. The number of hydrogen-bond acceptors (Lipinski definition) is 4. The second kappa shape index (κ2) is 5.35. The Kier molecular flexibility index (Phi) is 3.18. The van der Waals surface area contributed by atoms with Gasteiger partial charge in [0.05, 0.1) is 6.54 Å². The Balaban J connectivity index is 1.61. The fourth-order valence-corrected chi connectivity index (χ4v) is 2.84. The monoisotopic (exact) mass is 308 g/mol. The highest BCUT2D eigenvalue weighted by atomic mass is 16.2. The van der Waals surface area contributed by atoms with Crippen molar-refractivity contribution in [3.8, 4) is 11.4 Å². The lowest BCUT2D eigenvalue weighted by molar-refractivity contribution is 0.0692. The van der Waals surface area contributed by atoms with Crippen LogP contribution in [0.2, 0.25) is 0 Å². The van der Waals surface area contributed by atoms with Crippen molar-refractivity contribution < 1.29 is 4.79 Å². The third-order valence-corrected chi connectivity index (χ3v) is 4.08. The molecule has 0 saturated heterocycles. The standard InChI is InChI=1S/C16H16N6O/c1-20-8-7-17-15(20)16(23)21-9-10-22-13(11-21)18-19-14(22)12-5-3-2-4-6-12/h2-8H,9-11H2,1H3. The SMILES string of the molecule is Cn1ccnc1C(=O)N1CCn2c(nnc2-c2ccccc2)C1. The van der Waals surface area contributed by atoms with Crippen LogP contribution in [0.25, 0.3) is 11.4 Å². The fourth-order valence-electron chi connectivity index (χ4n) is 2.84. The van der Waals surface area contributed by atoms with Crippen LogP contribution in [-0.4, -0.2) is 41.7 Å². The molecule has 0 aliphatic carbocycles. The molecule has 0 unspecified atom stereocenters. The smallest absolute Gasteiger partial charge is 0.290 e. The summed E-state index contributed by atoms with van der Waals surface area (Å²) in [6.07, 6.45) is 3.40. The van der Waals surface area contributed by atoms with Gasteiger partial charge in [-0.3, -0.25) is 4.79 Å². The van der Waals surface area contributed by atoms with Gasteiger partial charge < -0.3 is 14.0 Å². The van der Waals surface area contributed by atoms with Gasteiger partial charge in [-0.1, -0.05) is 30.3 Å². The van der Waals surface area contributed by atoms with Crippen molar-refractivity contribution in [3.63, 3.8) is 0 Å². The molecule has 1 aromatic carbocycles. The number of fused-ring (bicyclic) bond motifs is 1. The second-order valence-corrected chi connectivity index (χ2v) is 5.55. The lowest BCUT2D eigenvalue weighted by Crippen LogP contribution is -2.39. The molecular weight excluding hydrogens is 292 g/mol. The first-order valence-corrected chi connectivity index (χ1v) is 7.48. The van der Waals surface area contributed by atoms with E-state index in [0.717, 1.165) is 17.2 Å². The van der Waals surface area contributed by atoms with Crippen LogP contribution in [0.15, 0.2) is 42.7 Å². The maximum absolute atomic E-state index is 12.6. The first-order valence-electron chi connectivity index (χ1n) is 7.48. The van der Waals surface area contributed by atoms with Gasteiger partial charge in [-0.15, -0.1) is 10.2 Å². The normalized spacial score (nSPS) is 13.9. The second-order valence-electron chi connectivity index (χ2n) is 5.55. The van der Waals surface area contributed by atoms with E-state index in [1.807, 2.05) is 37.4 Å². The van der Waals surface area contributed by atoms with Crippen LogP contribution in [0, 0.1) is 0 Å². The van der Waals surface area contributed by atoms with Gasteiger partial charge in [0.2, 0.25) is 0 Å².